The van der Waals surface area contributed by atoms with Crippen molar-refractivity contribution in [3.8, 4) is 11.5 Å². The van der Waals surface area contributed by atoms with Crippen LogP contribution in [0.4, 0.5) is 5.69 Å². The largest absolute Gasteiger partial charge is 0.506 e. The summed E-state index contributed by atoms with van der Waals surface area (Å²) in [6.45, 7) is 2.65. The average Bonchev–Trinajstić information content (AvgIpc) is 2.61. The fraction of sp³-hybridized carbons (Fsp3) is 0.263. The Kier molecular flexibility index (Phi) is 6.83. The van der Waals surface area contributed by atoms with Crippen molar-refractivity contribution in [2.75, 3.05) is 11.9 Å². The second kappa shape index (κ2) is 9.08. The van der Waals surface area contributed by atoms with Gasteiger partial charge >= 0.3 is 0 Å². The third kappa shape index (κ3) is 5.80. The van der Waals surface area contributed by atoms with E-state index in [1.165, 1.54) is 18.2 Å². The second-order valence-corrected chi connectivity index (χ2v) is 5.94. The maximum atomic E-state index is 12.2. The molecule has 25 heavy (non-hydrogen) atoms. The van der Waals surface area contributed by atoms with Gasteiger partial charge in [-0.3, -0.25) is 9.59 Å². The molecule has 0 saturated carbocycles. The second-order valence-electron chi connectivity index (χ2n) is 5.51. The molecule has 6 heteroatoms. The van der Waals surface area contributed by atoms with Gasteiger partial charge in [-0.2, -0.15) is 0 Å². The van der Waals surface area contributed by atoms with Gasteiger partial charge in [0.1, 0.15) is 11.5 Å². The molecule has 0 radical (unpaired) electrons. The number of amides is 1. The zero-order chi connectivity index (χ0) is 18.2. The molecule has 0 bridgehead atoms. The van der Waals surface area contributed by atoms with Gasteiger partial charge in [-0.25, -0.2) is 0 Å². The van der Waals surface area contributed by atoms with E-state index in [2.05, 4.69) is 5.32 Å². The number of ketones is 1. The normalized spacial score (nSPS) is 10.3. The summed E-state index contributed by atoms with van der Waals surface area (Å²) < 4.78 is 5.47. The number of hydrogen-bond donors (Lipinski definition) is 2. The van der Waals surface area contributed by atoms with Crippen LogP contribution in [0.15, 0.2) is 42.5 Å². The van der Waals surface area contributed by atoms with Crippen LogP contribution >= 0.6 is 11.6 Å². The van der Waals surface area contributed by atoms with Crippen LogP contribution in [0, 0.1) is 0 Å². The van der Waals surface area contributed by atoms with Crippen LogP contribution in [0.3, 0.4) is 0 Å². The Morgan fingerprint density at radius 2 is 1.84 bits per heavy atom. The summed E-state index contributed by atoms with van der Waals surface area (Å²) >= 11 is 5.83. The van der Waals surface area contributed by atoms with E-state index in [9.17, 15) is 14.7 Å². The Hall–Kier alpha value is -2.53. The molecule has 0 unspecified atom stereocenters. The predicted octanol–water partition coefficient (Wildman–Crippen LogP) is 4.44. The molecule has 5 nitrogen and oxygen atoms in total. The molecule has 0 fully saturated rings. The van der Waals surface area contributed by atoms with Crippen molar-refractivity contribution in [2.45, 2.75) is 26.2 Å². The number of Topliss-reactive ketones (excluding diaryl/α,β-unsaturated/α-hetero) is 1. The van der Waals surface area contributed by atoms with Crippen LogP contribution in [-0.2, 0) is 4.79 Å². The number of carbonyl (C=O) groups excluding carboxylic acids is 2. The first-order valence-electron chi connectivity index (χ1n) is 8.04. The van der Waals surface area contributed by atoms with Crippen LogP contribution in [0.5, 0.6) is 11.5 Å². The molecule has 2 rings (SSSR count). The zero-order valence-corrected chi connectivity index (χ0v) is 14.7. The molecule has 0 heterocycles. The average molecular weight is 362 g/mol. The van der Waals surface area contributed by atoms with Gasteiger partial charge in [-0.05, 0) is 48.9 Å². The minimum absolute atomic E-state index is 0.0128. The number of phenolic OH excluding ortho intramolecular Hbond substituents is 1. The molecule has 0 aliphatic heterocycles. The number of rotatable bonds is 8. The molecule has 0 saturated heterocycles. The van der Waals surface area contributed by atoms with Crippen LogP contribution in [0.2, 0.25) is 5.02 Å². The number of carbonyl (C=O) groups is 2. The van der Waals surface area contributed by atoms with Gasteiger partial charge in [-0.15, -0.1) is 0 Å². The van der Waals surface area contributed by atoms with Gasteiger partial charge in [0.2, 0.25) is 5.91 Å². The standard InChI is InChI=1S/C19H20ClNO4/c1-2-11-25-15-6-3-13(4-7-15)17(22)9-10-19(24)21-16-12-14(20)5-8-18(16)23/h3-8,12,23H,2,9-11H2,1H3,(H,21,24). The molecule has 0 atom stereocenters. The van der Waals surface area contributed by atoms with Crippen molar-refractivity contribution >= 4 is 29.0 Å². The van der Waals surface area contributed by atoms with Crippen LogP contribution in [-0.4, -0.2) is 23.4 Å². The molecule has 0 spiro atoms. The first-order valence-corrected chi connectivity index (χ1v) is 8.42. The lowest BCUT2D eigenvalue weighted by Gasteiger charge is -2.08. The third-order valence-corrected chi connectivity index (χ3v) is 3.70. The predicted molar refractivity (Wildman–Crippen MR) is 97.5 cm³/mol. The van der Waals surface area contributed by atoms with E-state index in [1.807, 2.05) is 6.92 Å². The topological polar surface area (TPSA) is 75.6 Å². The summed E-state index contributed by atoms with van der Waals surface area (Å²) in [6, 6.07) is 11.2. The summed E-state index contributed by atoms with van der Waals surface area (Å²) in [4.78, 5) is 24.1. The van der Waals surface area contributed by atoms with Gasteiger partial charge in [0, 0.05) is 23.4 Å². The molecule has 1 amide bonds. The van der Waals surface area contributed by atoms with Crippen molar-refractivity contribution < 1.29 is 19.4 Å². The maximum absolute atomic E-state index is 12.2. The summed E-state index contributed by atoms with van der Waals surface area (Å²) in [7, 11) is 0. The monoisotopic (exact) mass is 361 g/mol. The molecule has 2 aromatic rings. The van der Waals surface area contributed by atoms with E-state index >= 15 is 0 Å². The highest BCUT2D eigenvalue weighted by molar-refractivity contribution is 6.31. The Labute approximate surface area is 151 Å². The number of ether oxygens (including phenoxy) is 1. The van der Waals surface area contributed by atoms with Crippen LogP contribution < -0.4 is 10.1 Å². The fourth-order valence-corrected chi connectivity index (χ4v) is 2.32. The summed E-state index contributed by atoms with van der Waals surface area (Å²) in [5.41, 5.74) is 0.754. The number of aromatic hydroxyl groups is 1. The molecule has 2 aromatic carbocycles. The van der Waals surface area contributed by atoms with E-state index < -0.39 is 0 Å². The van der Waals surface area contributed by atoms with E-state index in [0.717, 1.165) is 6.42 Å². The zero-order valence-electron chi connectivity index (χ0n) is 13.9. The number of hydrogen-bond acceptors (Lipinski definition) is 4. The molecule has 0 aliphatic carbocycles. The lowest BCUT2D eigenvalue weighted by molar-refractivity contribution is -0.116. The molecule has 0 aliphatic rings. The summed E-state index contributed by atoms with van der Waals surface area (Å²) in [5, 5.41) is 12.6. The number of anilines is 1. The van der Waals surface area contributed by atoms with Crippen molar-refractivity contribution in [1.29, 1.82) is 0 Å². The third-order valence-electron chi connectivity index (χ3n) is 3.46. The highest BCUT2D eigenvalue weighted by Gasteiger charge is 2.11. The summed E-state index contributed by atoms with van der Waals surface area (Å²) in [6.07, 6.45) is 0.999. The molecular weight excluding hydrogens is 342 g/mol. The summed E-state index contributed by atoms with van der Waals surface area (Å²) in [5.74, 6) is 0.139. The van der Waals surface area contributed by atoms with Gasteiger partial charge < -0.3 is 15.2 Å². The first-order chi connectivity index (χ1) is 12.0. The minimum Gasteiger partial charge on any atom is -0.506 e. The molecule has 0 aromatic heterocycles. The quantitative estimate of drug-likeness (QED) is 0.538. The Bertz CT molecular complexity index is 744. The molecule has 132 valence electrons. The van der Waals surface area contributed by atoms with Gasteiger partial charge in [0.15, 0.2) is 5.78 Å². The number of halogens is 1. The minimum atomic E-state index is -0.367. The Morgan fingerprint density at radius 3 is 2.52 bits per heavy atom. The number of benzene rings is 2. The van der Waals surface area contributed by atoms with Crippen molar-refractivity contribution in [3.05, 3.63) is 53.1 Å². The molecular formula is C19H20ClNO4. The number of phenols is 1. The van der Waals surface area contributed by atoms with Crippen LogP contribution in [0.1, 0.15) is 36.5 Å². The van der Waals surface area contributed by atoms with E-state index in [-0.39, 0.29) is 36.0 Å². The van der Waals surface area contributed by atoms with E-state index in [0.29, 0.717) is 22.9 Å². The van der Waals surface area contributed by atoms with Crippen LogP contribution in [0.25, 0.3) is 0 Å². The highest BCUT2D eigenvalue weighted by Crippen LogP contribution is 2.26. The van der Waals surface area contributed by atoms with Crippen molar-refractivity contribution in [3.63, 3.8) is 0 Å². The van der Waals surface area contributed by atoms with E-state index in [1.54, 1.807) is 24.3 Å². The maximum Gasteiger partial charge on any atom is 0.224 e. The van der Waals surface area contributed by atoms with Gasteiger partial charge in [0.05, 0.1) is 12.3 Å². The molecule has 2 N–H and O–H groups in total. The Balaban J connectivity index is 1.86. The first kappa shape index (κ1) is 18.8. The van der Waals surface area contributed by atoms with Gasteiger partial charge in [0.25, 0.3) is 0 Å². The Morgan fingerprint density at radius 1 is 1.12 bits per heavy atom. The van der Waals surface area contributed by atoms with Crippen molar-refractivity contribution in [1.82, 2.24) is 0 Å². The lowest BCUT2D eigenvalue weighted by Crippen LogP contribution is -2.13. The number of nitrogens with one attached hydrogen (secondary N) is 1. The lowest BCUT2D eigenvalue weighted by atomic mass is 10.1. The fourth-order valence-electron chi connectivity index (χ4n) is 2.15. The SMILES string of the molecule is CCCOc1ccc(C(=O)CCC(=O)Nc2cc(Cl)ccc2O)cc1. The van der Waals surface area contributed by atoms with E-state index in [4.69, 9.17) is 16.3 Å². The van der Waals surface area contributed by atoms with Crippen molar-refractivity contribution in [2.24, 2.45) is 0 Å². The smallest absolute Gasteiger partial charge is 0.224 e. The van der Waals surface area contributed by atoms with Gasteiger partial charge in [-0.1, -0.05) is 18.5 Å². The highest BCUT2D eigenvalue weighted by atomic mass is 35.5.